The highest BCUT2D eigenvalue weighted by Crippen LogP contribution is 2.38. The van der Waals surface area contributed by atoms with Crippen LogP contribution >= 0.6 is 11.8 Å². The molecule has 0 unspecified atom stereocenters. The van der Waals surface area contributed by atoms with E-state index < -0.39 is 0 Å². The predicted molar refractivity (Wildman–Crippen MR) is 138 cm³/mol. The maximum Gasteiger partial charge on any atom is 0.237 e. The molecule has 1 aromatic heterocycles. The molecule has 1 fully saturated rings. The fourth-order valence-corrected chi connectivity index (χ4v) is 5.51. The summed E-state index contributed by atoms with van der Waals surface area (Å²) in [6, 6.07) is 14.4. The summed E-state index contributed by atoms with van der Waals surface area (Å²) in [4.78, 5) is 13.0. The molecule has 0 saturated heterocycles. The van der Waals surface area contributed by atoms with Gasteiger partial charge >= 0.3 is 0 Å². The van der Waals surface area contributed by atoms with E-state index in [0.717, 1.165) is 29.4 Å². The lowest BCUT2D eigenvalue weighted by atomic mass is 9.86. The van der Waals surface area contributed by atoms with Crippen molar-refractivity contribution in [2.24, 2.45) is 0 Å². The average Bonchev–Trinajstić information content (AvgIpc) is 3.59. The smallest absolute Gasteiger partial charge is 0.237 e. The number of fused-ring (bicyclic) bond motifs is 1. The maximum atomic E-state index is 13.0. The topological polar surface area (TPSA) is 78.3 Å². The second-order valence-corrected chi connectivity index (χ2v) is 11.6. The van der Waals surface area contributed by atoms with Crippen LogP contribution in [0.1, 0.15) is 65.0 Å². The van der Waals surface area contributed by atoms with E-state index in [9.17, 15) is 4.79 Å². The normalized spacial score (nSPS) is 16.5. The van der Waals surface area contributed by atoms with Gasteiger partial charge in [-0.25, -0.2) is 0 Å². The molecule has 1 aliphatic carbocycles. The Hall–Kier alpha value is -3.00. The first-order valence-corrected chi connectivity index (χ1v) is 13.1. The van der Waals surface area contributed by atoms with E-state index in [-0.39, 0.29) is 23.4 Å². The van der Waals surface area contributed by atoms with Gasteiger partial charge in [-0.05, 0) is 42.9 Å². The third-order valence-corrected chi connectivity index (χ3v) is 7.71. The van der Waals surface area contributed by atoms with Gasteiger partial charge in [0.2, 0.25) is 12.7 Å². The number of carbonyl (C=O) groups excluding carboxylic acids is 1. The van der Waals surface area contributed by atoms with Crippen molar-refractivity contribution in [3.05, 3.63) is 48.0 Å². The molecule has 184 valence electrons. The molecule has 3 aromatic rings. The lowest BCUT2D eigenvalue weighted by Gasteiger charge is -2.20. The molecule has 0 spiro atoms. The third-order valence-electron chi connectivity index (χ3n) is 6.66. The van der Waals surface area contributed by atoms with Crippen molar-refractivity contribution in [1.29, 1.82) is 0 Å². The second-order valence-electron chi connectivity index (χ2n) is 10.3. The predicted octanol–water partition coefficient (Wildman–Crippen LogP) is 6.21. The van der Waals surface area contributed by atoms with Gasteiger partial charge in [0.05, 0.1) is 5.25 Å². The van der Waals surface area contributed by atoms with Gasteiger partial charge < -0.3 is 14.8 Å². The summed E-state index contributed by atoms with van der Waals surface area (Å²) in [6.45, 7) is 8.75. The Kier molecular flexibility index (Phi) is 6.49. The lowest BCUT2D eigenvalue weighted by Crippen LogP contribution is -2.23. The molecule has 0 radical (unpaired) electrons. The lowest BCUT2D eigenvalue weighted by molar-refractivity contribution is -0.115. The number of nitrogens with one attached hydrogen (secondary N) is 1. The Morgan fingerprint density at radius 2 is 1.77 bits per heavy atom. The fraction of sp³-hybridized carbons (Fsp3) is 0.444. The van der Waals surface area contributed by atoms with Gasteiger partial charge in [0, 0.05) is 23.4 Å². The molecular weight excluding hydrogens is 460 g/mol. The van der Waals surface area contributed by atoms with E-state index in [2.05, 4.69) is 65.1 Å². The number of thioether (sulfide) groups is 1. The minimum Gasteiger partial charge on any atom is -0.454 e. The summed E-state index contributed by atoms with van der Waals surface area (Å²) in [5.74, 6) is 2.12. The van der Waals surface area contributed by atoms with Gasteiger partial charge in [-0.15, -0.1) is 10.2 Å². The van der Waals surface area contributed by atoms with Crippen molar-refractivity contribution in [2.75, 3.05) is 12.1 Å². The highest BCUT2D eigenvalue weighted by molar-refractivity contribution is 8.00. The first kappa shape index (κ1) is 23.7. The Bertz CT molecular complexity index is 1210. The van der Waals surface area contributed by atoms with E-state index in [0.29, 0.717) is 23.2 Å². The number of amides is 1. The van der Waals surface area contributed by atoms with Crippen molar-refractivity contribution in [1.82, 2.24) is 14.8 Å². The Morgan fingerprint density at radius 3 is 2.49 bits per heavy atom. The molecule has 1 N–H and O–H groups in total. The van der Waals surface area contributed by atoms with Gasteiger partial charge in [0.25, 0.3) is 0 Å². The summed E-state index contributed by atoms with van der Waals surface area (Å²) < 4.78 is 13.0. The number of ether oxygens (including phenoxy) is 2. The monoisotopic (exact) mass is 492 g/mol. The number of rotatable bonds is 6. The van der Waals surface area contributed by atoms with Gasteiger partial charge in [0.15, 0.2) is 22.5 Å². The zero-order valence-corrected chi connectivity index (χ0v) is 21.5. The van der Waals surface area contributed by atoms with Crippen molar-refractivity contribution in [2.45, 2.75) is 75.2 Å². The fourth-order valence-electron chi connectivity index (χ4n) is 4.59. The minimum absolute atomic E-state index is 0.0917. The van der Waals surface area contributed by atoms with E-state index >= 15 is 0 Å². The maximum absolute atomic E-state index is 13.0. The van der Waals surface area contributed by atoms with Crippen LogP contribution in [0.5, 0.6) is 11.5 Å². The number of carbonyl (C=O) groups is 1. The van der Waals surface area contributed by atoms with Gasteiger partial charge in [0.1, 0.15) is 0 Å². The number of nitrogens with zero attached hydrogens (tertiary/aromatic N) is 3. The molecule has 0 bridgehead atoms. The molecule has 7 nitrogen and oxygen atoms in total. The largest absolute Gasteiger partial charge is 0.454 e. The number of aromatic nitrogens is 3. The van der Waals surface area contributed by atoms with E-state index in [1.165, 1.54) is 30.2 Å². The Morgan fingerprint density at radius 1 is 1.06 bits per heavy atom. The van der Waals surface area contributed by atoms with Crippen LogP contribution in [0.2, 0.25) is 0 Å². The van der Waals surface area contributed by atoms with E-state index in [1.54, 1.807) is 6.07 Å². The molecule has 5 rings (SSSR count). The van der Waals surface area contributed by atoms with Crippen molar-refractivity contribution >= 4 is 23.4 Å². The van der Waals surface area contributed by atoms with E-state index in [1.807, 2.05) is 19.1 Å². The average molecular weight is 493 g/mol. The van der Waals surface area contributed by atoms with Crippen LogP contribution in [-0.2, 0) is 10.2 Å². The summed E-state index contributed by atoms with van der Waals surface area (Å²) in [7, 11) is 0. The van der Waals surface area contributed by atoms with Crippen LogP contribution in [0.15, 0.2) is 47.6 Å². The third kappa shape index (κ3) is 5.03. The van der Waals surface area contributed by atoms with Crippen LogP contribution in [0.25, 0.3) is 11.4 Å². The number of anilines is 1. The second kappa shape index (κ2) is 9.57. The minimum atomic E-state index is -0.346. The molecule has 1 aliphatic heterocycles. The number of hydrogen-bond acceptors (Lipinski definition) is 6. The first-order valence-electron chi connectivity index (χ1n) is 12.2. The van der Waals surface area contributed by atoms with Crippen LogP contribution in [-0.4, -0.2) is 32.7 Å². The zero-order valence-electron chi connectivity index (χ0n) is 20.7. The quantitative estimate of drug-likeness (QED) is 0.413. The molecule has 1 amide bonds. The van der Waals surface area contributed by atoms with Crippen LogP contribution in [0.3, 0.4) is 0 Å². The van der Waals surface area contributed by atoms with Crippen molar-refractivity contribution in [3.8, 4) is 22.9 Å². The highest BCUT2D eigenvalue weighted by Gasteiger charge is 2.28. The van der Waals surface area contributed by atoms with Crippen LogP contribution in [0.4, 0.5) is 5.69 Å². The number of hydrogen-bond donors (Lipinski definition) is 1. The Labute approximate surface area is 210 Å². The molecule has 1 saturated carbocycles. The Balaban J connectivity index is 1.36. The molecule has 2 aromatic carbocycles. The first-order chi connectivity index (χ1) is 16.8. The zero-order chi connectivity index (χ0) is 24.6. The molecule has 8 heteroatoms. The van der Waals surface area contributed by atoms with Gasteiger partial charge in [-0.1, -0.05) is 69.6 Å². The van der Waals surface area contributed by atoms with Crippen molar-refractivity contribution in [3.63, 3.8) is 0 Å². The summed E-state index contributed by atoms with van der Waals surface area (Å²) >= 11 is 1.45. The highest BCUT2D eigenvalue weighted by atomic mass is 32.2. The molecule has 1 atom stereocenters. The van der Waals surface area contributed by atoms with E-state index in [4.69, 9.17) is 9.47 Å². The van der Waals surface area contributed by atoms with Gasteiger partial charge in [-0.2, -0.15) is 0 Å². The standard InChI is InChI=1S/C27H32N4O3S/c1-17(25(32)28-20-13-14-22-23(15-20)34-16-33-22)35-26-30-29-24(31(26)21-7-5-6-8-21)18-9-11-19(12-10-18)27(2,3)4/h9-15,17,21H,5-8,16H2,1-4H3,(H,28,32)/t17-/m0/s1. The SMILES string of the molecule is C[C@H](Sc1nnc(-c2ccc(C(C)(C)C)cc2)n1C1CCCC1)C(=O)Nc1ccc2c(c1)OCO2. The summed E-state index contributed by atoms with van der Waals surface area (Å²) in [5.41, 5.74) is 3.13. The summed E-state index contributed by atoms with van der Waals surface area (Å²) in [6.07, 6.45) is 4.62. The van der Waals surface area contributed by atoms with Crippen molar-refractivity contribution < 1.29 is 14.3 Å². The van der Waals surface area contributed by atoms with Crippen LogP contribution < -0.4 is 14.8 Å². The molecule has 35 heavy (non-hydrogen) atoms. The summed E-state index contributed by atoms with van der Waals surface area (Å²) in [5, 5.41) is 12.6. The van der Waals surface area contributed by atoms with Gasteiger partial charge in [-0.3, -0.25) is 9.36 Å². The molecule has 2 aliphatic rings. The van der Waals surface area contributed by atoms with Crippen LogP contribution in [0, 0.1) is 0 Å². The molecule has 2 heterocycles. The number of benzene rings is 2. The molecular formula is C27H32N4O3S.